The van der Waals surface area contributed by atoms with E-state index in [2.05, 4.69) is 20.8 Å². The molecule has 2 fully saturated rings. The minimum Gasteiger partial charge on any atom is -0.416 e. The molecule has 2 aliphatic heterocycles. The molecule has 0 aliphatic carbocycles. The Morgan fingerprint density at radius 2 is 0.962 bits per heavy atom. The first-order valence-corrected chi connectivity index (χ1v) is 18.2. The van der Waals surface area contributed by atoms with Gasteiger partial charge in [0.2, 0.25) is 35.4 Å². The van der Waals surface area contributed by atoms with E-state index in [0.29, 0.717) is 60.2 Å². The highest BCUT2D eigenvalue weighted by atomic mass is 16.4. The van der Waals surface area contributed by atoms with Gasteiger partial charge in [-0.15, -0.1) is 10.2 Å². The predicted molar refractivity (Wildman–Crippen MR) is 201 cm³/mol. The van der Waals surface area contributed by atoms with Crippen molar-refractivity contribution in [2.45, 2.75) is 63.5 Å². The van der Waals surface area contributed by atoms with Crippen molar-refractivity contribution in [2.24, 2.45) is 0 Å². The third kappa shape index (κ3) is 9.04. The fourth-order valence-corrected chi connectivity index (χ4v) is 7.20. The Morgan fingerprint density at radius 3 is 1.36 bits per heavy atom. The Morgan fingerprint density at radius 1 is 0.566 bits per heavy atom. The lowest BCUT2D eigenvalue weighted by atomic mass is 10.1. The second-order valence-corrected chi connectivity index (χ2v) is 13.7. The van der Waals surface area contributed by atoms with Crippen molar-refractivity contribution < 1.29 is 23.6 Å². The van der Waals surface area contributed by atoms with Gasteiger partial charge in [0, 0.05) is 60.5 Å². The van der Waals surface area contributed by atoms with Crippen LogP contribution in [0.5, 0.6) is 0 Å². The van der Waals surface area contributed by atoms with Crippen molar-refractivity contribution in [1.29, 1.82) is 0 Å². The first-order valence-electron chi connectivity index (χ1n) is 18.2. The minimum absolute atomic E-state index is 0.0497. The zero-order chi connectivity index (χ0) is 36.6. The summed E-state index contributed by atoms with van der Waals surface area (Å²) in [4.78, 5) is 55.5. The highest BCUT2D eigenvalue weighted by Gasteiger charge is 2.31. The lowest BCUT2D eigenvalue weighted by Gasteiger charge is -2.24. The van der Waals surface area contributed by atoms with Crippen LogP contribution in [0.2, 0.25) is 0 Å². The second-order valence-electron chi connectivity index (χ2n) is 13.7. The van der Waals surface area contributed by atoms with E-state index in [-0.39, 0.29) is 48.6 Å². The number of nitrogens with one attached hydrogen (secondary N) is 2. The Hall–Kier alpha value is -6.10. The van der Waals surface area contributed by atoms with Gasteiger partial charge in [-0.05, 0) is 85.3 Å². The largest absolute Gasteiger partial charge is 0.416 e. The maximum absolute atomic E-state index is 13.0. The number of carbonyl (C=O) groups excluding carboxylic acids is 4. The number of carbonyl (C=O) groups is 4. The molecule has 3 heterocycles. The van der Waals surface area contributed by atoms with Crippen molar-refractivity contribution in [3.8, 4) is 22.9 Å². The molecule has 0 bridgehead atoms. The fourth-order valence-electron chi connectivity index (χ4n) is 7.20. The van der Waals surface area contributed by atoms with Crippen molar-refractivity contribution in [3.05, 3.63) is 120 Å². The van der Waals surface area contributed by atoms with Crippen LogP contribution in [0.15, 0.2) is 114 Å². The molecule has 2 unspecified atom stereocenters. The van der Waals surface area contributed by atoms with Gasteiger partial charge >= 0.3 is 0 Å². The average molecular weight is 711 g/mol. The van der Waals surface area contributed by atoms with Crippen LogP contribution in [0.3, 0.4) is 0 Å². The normalized spacial score (nSPS) is 16.8. The van der Waals surface area contributed by atoms with Crippen LogP contribution < -0.4 is 10.6 Å². The maximum Gasteiger partial charge on any atom is 0.248 e. The summed E-state index contributed by atoms with van der Waals surface area (Å²) in [6, 6.07) is 33.5. The summed E-state index contributed by atoms with van der Waals surface area (Å²) in [5, 5.41) is 14.3. The molecule has 0 spiro atoms. The first-order chi connectivity index (χ1) is 25.9. The monoisotopic (exact) mass is 710 g/mol. The Labute approximate surface area is 308 Å². The van der Waals surface area contributed by atoms with Gasteiger partial charge in [-0.1, -0.05) is 60.7 Å². The van der Waals surface area contributed by atoms with Crippen LogP contribution in [-0.4, -0.2) is 68.8 Å². The number of benzene rings is 4. The summed E-state index contributed by atoms with van der Waals surface area (Å²) in [5.74, 6) is 0.475. The smallest absolute Gasteiger partial charge is 0.248 e. The zero-order valence-corrected chi connectivity index (χ0v) is 29.4. The molecule has 270 valence electrons. The maximum atomic E-state index is 13.0. The number of aromatic nitrogens is 2. The molecule has 7 rings (SSSR count). The van der Waals surface area contributed by atoms with E-state index in [0.717, 1.165) is 36.8 Å². The second kappa shape index (κ2) is 16.5. The van der Waals surface area contributed by atoms with Crippen molar-refractivity contribution in [1.82, 2.24) is 20.0 Å². The van der Waals surface area contributed by atoms with Crippen LogP contribution in [0.25, 0.3) is 22.9 Å². The van der Waals surface area contributed by atoms with E-state index in [9.17, 15) is 19.2 Å². The summed E-state index contributed by atoms with van der Waals surface area (Å²) in [5.41, 5.74) is 4.60. The number of likely N-dealkylation sites (tertiary alicyclic amines) is 2. The molecule has 5 aromatic rings. The molecule has 2 saturated heterocycles. The van der Waals surface area contributed by atoms with E-state index in [4.69, 9.17) is 4.42 Å². The highest BCUT2D eigenvalue weighted by Crippen LogP contribution is 2.28. The molecule has 2 aliphatic rings. The van der Waals surface area contributed by atoms with E-state index < -0.39 is 0 Å². The fraction of sp³-hybridized carbons (Fsp3) is 0.286. The average Bonchev–Trinajstić information content (AvgIpc) is 3.95. The van der Waals surface area contributed by atoms with Crippen LogP contribution in [-0.2, 0) is 32.0 Å². The van der Waals surface area contributed by atoms with Gasteiger partial charge in [0.25, 0.3) is 0 Å². The molecule has 2 atom stereocenters. The van der Waals surface area contributed by atoms with Crippen LogP contribution in [0, 0.1) is 0 Å². The molecule has 4 aromatic carbocycles. The summed E-state index contributed by atoms with van der Waals surface area (Å²) < 4.78 is 5.96. The van der Waals surface area contributed by atoms with Gasteiger partial charge in [0.05, 0.1) is 12.8 Å². The molecule has 0 radical (unpaired) electrons. The van der Waals surface area contributed by atoms with Crippen molar-refractivity contribution >= 4 is 35.0 Å². The molecule has 11 nitrogen and oxygen atoms in total. The van der Waals surface area contributed by atoms with Gasteiger partial charge < -0.3 is 24.9 Å². The predicted octanol–water partition coefficient (Wildman–Crippen LogP) is 6.53. The van der Waals surface area contributed by atoms with Gasteiger partial charge in [-0.25, -0.2) is 0 Å². The van der Waals surface area contributed by atoms with E-state index in [1.54, 1.807) is 48.5 Å². The number of hydrogen-bond acceptors (Lipinski definition) is 7. The Kier molecular flexibility index (Phi) is 11.0. The Balaban J connectivity index is 0.885. The minimum atomic E-state index is -0.142. The van der Waals surface area contributed by atoms with Gasteiger partial charge in [-0.2, -0.15) is 0 Å². The van der Waals surface area contributed by atoms with E-state index in [1.165, 1.54) is 0 Å². The van der Waals surface area contributed by atoms with Gasteiger partial charge in [0.15, 0.2) is 0 Å². The summed E-state index contributed by atoms with van der Waals surface area (Å²) in [6.07, 6.45) is 4.55. The van der Waals surface area contributed by atoms with Crippen molar-refractivity contribution in [3.63, 3.8) is 0 Å². The first kappa shape index (κ1) is 35.3. The third-order valence-electron chi connectivity index (χ3n) is 9.89. The van der Waals surface area contributed by atoms with Gasteiger partial charge in [0.1, 0.15) is 0 Å². The molecule has 2 N–H and O–H groups in total. The SMILES string of the molecule is O=C(CC1CCCN1C(=O)Cc1ccccc1)Nc1ccc(-c2nnc(-c3ccc(NC(=O)CC4CCCN4C(=O)Cc4ccccc4)cc3)o2)cc1. The summed E-state index contributed by atoms with van der Waals surface area (Å²) in [7, 11) is 0. The molecule has 4 amide bonds. The van der Waals surface area contributed by atoms with Crippen LogP contribution in [0.4, 0.5) is 11.4 Å². The zero-order valence-electron chi connectivity index (χ0n) is 29.4. The number of amides is 4. The number of nitrogens with zero attached hydrogens (tertiary/aromatic N) is 4. The standard InChI is InChI=1S/C42H42N6O5/c49-37(27-35-13-7-23-47(35)39(51)25-29-9-3-1-4-10-29)43-33-19-15-31(16-20-33)41-45-46-42(53-41)32-17-21-34(22-18-32)44-38(50)28-36-14-8-24-48(36)40(52)26-30-11-5-2-6-12-30/h1-6,9-12,15-22,35-36H,7-8,13-14,23-28H2,(H,43,49)(H,44,50). The summed E-state index contributed by atoms with van der Waals surface area (Å²) >= 11 is 0. The van der Waals surface area contributed by atoms with E-state index >= 15 is 0 Å². The highest BCUT2D eigenvalue weighted by molar-refractivity contribution is 5.93. The third-order valence-corrected chi connectivity index (χ3v) is 9.89. The molecule has 11 heteroatoms. The molecule has 53 heavy (non-hydrogen) atoms. The number of rotatable bonds is 12. The Bertz CT molecular complexity index is 1890. The molecule has 1 aromatic heterocycles. The lowest BCUT2D eigenvalue weighted by molar-refractivity contribution is -0.133. The van der Waals surface area contributed by atoms with E-state index in [1.807, 2.05) is 70.5 Å². The number of hydrogen-bond donors (Lipinski definition) is 2. The molecular formula is C42H42N6O5. The topological polar surface area (TPSA) is 138 Å². The summed E-state index contributed by atoms with van der Waals surface area (Å²) in [6.45, 7) is 1.34. The van der Waals surface area contributed by atoms with Crippen molar-refractivity contribution in [2.75, 3.05) is 23.7 Å². The van der Waals surface area contributed by atoms with Crippen LogP contribution in [0.1, 0.15) is 49.7 Å². The molecule has 0 saturated carbocycles. The molecular weight excluding hydrogens is 668 g/mol. The lowest BCUT2D eigenvalue weighted by Crippen LogP contribution is -2.38. The van der Waals surface area contributed by atoms with Crippen LogP contribution >= 0.6 is 0 Å². The quantitative estimate of drug-likeness (QED) is 0.150. The van der Waals surface area contributed by atoms with Gasteiger partial charge in [-0.3, -0.25) is 19.2 Å². The number of anilines is 2.